The molecule has 0 atom stereocenters. The predicted octanol–water partition coefficient (Wildman–Crippen LogP) is 3.66. The second-order valence-electron chi connectivity index (χ2n) is 4.13. The summed E-state index contributed by atoms with van der Waals surface area (Å²) in [7, 11) is 0. The second kappa shape index (κ2) is 7.51. The molecule has 0 saturated heterocycles. The van der Waals surface area contributed by atoms with Crippen molar-refractivity contribution in [3.8, 4) is 11.8 Å². The van der Waals surface area contributed by atoms with Crippen molar-refractivity contribution in [2.45, 2.75) is 12.3 Å². The summed E-state index contributed by atoms with van der Waals surface area (Å²) in [6, 6.07) is 13.5. The van der Waals surface area contributed by atoms with Crippen molar-refractivity contribution < 1.29 is 9.15 Å². The Labute approximate surface area is 122 Å². The average molecular weight is 288 g/mol. The summed E-state index contributed by atoms with van der Waals surface area (Å²) in [5.41, 5.74) is 0.934. The first-order valence-electron chi connectivity index (χ1n) is 6.22. The van der Waals surface area contributed by atoms with Crippen LogP contribution in [-0.4, -0.2) is 12.9 Å². The monoisotopic (exact) mass is 288 g/mol. The van der Waals surface area contributed by atoms with Crippen LogP contribution in [0, 0.1) is 11.3 Å². The van der Waals surface area contributed by atoms with Crippen LogP contribution in [-0.2, 0) is 12.3 Å². The third kappa shape index (κ3) is 4.25. The lowest BCUT2D eigenvalue weighted by molar-refractivity contribution is 0.368. The second-order valence-corrected chi connectivity index (χ2v) is 5.00. The van der Waals surface area contributed by atoms with Gasteiger partial charge in [-0.15, -0.1) is 0 Å². The average Bonchev–Trinajstić information content (AvgIpc) is 2.92. The zero-order valence-electron chi connectivity index (χ0n) is 11.3. The summed E-state index contributed by atoms with van der Waals surface area (Å²) in [4.78, 5) is 0. The van der Waals surface area contributed by atoms with Gasteiger partial charge in [-0.05, 0) is 30.5 Å². The topological polar surface area (TPSA) is 58.2 Å². The van der Waals surface area contributed by atoms with Gasteiger partial charge in [0.05, 0.1) is 12.3 Å². The molecule has 0 bridgehead atoms. The first-order valence-corrected chi connectivity index (χ1v) is 7.61. The maximum atomic E-state index is 8.49. The first kappa shape index (κ1) is 14.4. The van der Waals surface area contributed by atoms with Crippen LogP contribution in [0.15, 0.2) is 40.8 Å². The SMILES string of the molecule is CSCc1ccc(CNc2cccc(OCC#N)c2)o1. The molecule has 0 saturated carbocycles. The van der Waals surface area contributed by atoms with Crippen molar-refractivity contribution in [1.29, 1.82) is 5.26 Å². The van der Waals surface area contributed by atoms with Crippen molar-refractivity contribution >= 4 is 17.4 Å². The van der Waals surface area contributed by atoms with E-state index in [2.05, 4.69) is 5.32 Å². The normalized spacial score (nSPS) is 10.0. The Morgan fingerprint density at radius 1 is 1.30 bits per heavy atom. The molecule has 0 spiro atoms. The van der Waals surface area contributed by atoms with Crippen molar-refractivity contribution in [3.63, 3.8) is 0 Å². The number of hydrogen-bond donors (Lipinski definition) is 1. The smallest absolute Gasteiger partial charge is 0.174 e. The number of ether oxygens (including phenoxy) is 1. The highest BCUT2D eigenvalue weighted by Gasteiger charge is 2.02. The molecule has 4 nitrogen and oxygen atoms in total. The van der Waals surface area contributed by atoms with E-state index in [1.54, 1.807) is 11.8 Å². The van der Waals surface area contributed by atoms with Gasteiger partial charge in [-0.2, -0.15) is 17.0 Å². The fourth-order valence-corrected chi connectivity index (χ4v) is 2.18. The van der Waals surface area contributed by atoms with Crippen LogP contribution >= 0.6 is 11.8 Å². The van der Waals surface area contributed by atoms with Crippen LogP contribution < -0.4 is 10.1 Å². The lowest BCUT2D eigenvalue weighted by atomic mass is 10.3. The standard InChI is InChI=1S/C15H16N2O2S/c1-20-11-15-6-5-14(19-15)10-17-12-3-2-4-13(9-12)18-8-7-16/h2-6,9,17H,8,10-11H2,1H3. The van der Waals surface area contributed by atoms with Gasteiger partial charge in [0, 0.05) is 11.8 Å². The minimum Gasteiger partial charge on any atom is -0.479 e. The van der Waals surface area contributed by atoms with E-state index in [1.807, 2.05) is 48.7 Å². The lowest BCUT2D eigenvalue weighted by Crippen LogP contribution is -1.99. The lowest BCUT2D eigenvalue weighted by Gasteiger charge is -2.07. The van der Waals surface area contributed by atoms with Gasteiger partial charge < -0.3 is 14.5 Å². The summed E-state index contributed by atoms with van der Waals surface area (Å²) in [5.74, 6) is 3.45. The molecule has 2 rings (SSSR count). The quantitative estimate of drug-likeness (QED) is 0.842. The van der Waals surface area contributed by atoms with Gasteiger partial charge in [0.15, 0.2) is 6.61 Å². The van der Waals surface area contributed by atoms with Crippen LogP contribution in [0.2, 0.25) is 0 Å². The summed E-state index contributed by atoms with van der Waals surface area (Å²) in [5, 5.41) is 11.8. The van der Waals surface area contributed by atoms with E-state index in [1.165, 1.54) is 0 Å². The van der Waals surface area contributed by atoms with E-state index in [0.29, 0.717) is 12.3 Å². The Hall–Kier alpha value is -2.06. The molecule has 20 heavy (non-hydrogen) atoms. The Morgan fingerprint density at radius 2 is 2.15 bits per heavy atom. The summed E-state index contributed by atoms with van der Waals surface area (Å²) in [6.45, 7) is 0.676. The third-order valence-corrected chi connectivity index (χ3v) is 3.18. The van der Waals surface area contributed by atoms with Crippen molar-refractivity contribution in [2.75, 3.05) is 18.2 Å². The molecule has 0 aliphatic carbocycles. The highest BCUT2D eigenvalue weighted by Crippen LogP contribution is 2.19. The molecule has 2 aromatic rings. The van der Waals surface area contributed by atoms with E-state index >= 15 is 0 Å². The number of rotatable bonds is 7. The molecular formula is C15H16N2O2S. The van der Waals surface area contributed by atoms with Gasteiger partial charge in [-0.25, -0.2) is 0 Å². The maximum absolute atomic E-state index is 8.49. The molecule has 104 valence electrons. The predicted molar refractivity (Wildman–Crippen MR) is 80.8 cm³/mol. The molecule has 1 aromatic heterocycles. The van der Waals surface area contributed by atoms with Crippen LogP contribution in [0.25, 0.3) is 0 Å². The molecule has 1 heterocycles. The third-order valence-electron chi connectivity index (χ3n) is 2.61. The van der Waals surface area contributed by atoms with Crippen molar-refractivity contribution in [1.82, 2.24) is 0 Å². The number of thioether (sulfide) groups is 1. The van der Waals surface area contributed by atoms with E-state index in [9.17, 15) is 0 Å². The Morgan fingerprint density at radius 3 is 2.95 bits per heavy atom. The molecule has 0 aliphatic heterocycles. The van der Waals surface area contributed by atoms with Gasteiger partial charge in [0.25, 0.3) is 0 Å². The Bertz CT molecular complexity index is 590. The highest BCUT2D eigenvalue weighted by atomic mass is 32.2. The summed E-state index contributed by atoms with van der Waals surface area (Å²) >= 11 is 1.74. The van der Waals surface area contributed by atoms with Crippen LogP contribution in [0.5, 0.6) is 5.75 Å². The van der Waals surface area contributed by atoms with Gasteiger partial charge in [0.1, 0.15) is 23.3 Å². The van der Waals surface area contributed by atoms with Gasteiger partial charge in [-0.3, -0.25) is 0 Å². The van der Waals surface area contributed by atoms with Gasteiger partial charge in [-0.1, -0.05) is 6.07 Å². The number of nitrogens with zero attached hydrogens (tertiary/aromatic N) is 1. The van der Waals surface area contributed by atoms with E-state index < -0.39 is 0 Å². The fraction of sp³-hybridized carbons (Fsp3) is 0.267. The molecular weight excluding hydrogens is 272 g/mol. The minimum absolute atomic E-state index is 0.0552. The maximum Gasteiger partial charge on any atom is 0.174 e. The largest absolute Gasteiger partial charge is 0.479 e. The van der Waals surface area contributed by atoms with Gasteiger partial charge >= 0.3 is 0 Å². The molecule has 0 fully saturated rings. The Balaban J connectivity index is 1.91. The Kier molecular flexibility index (Phi) is 5.39. The molecule has 1 N–H and O–H groups in total. The van der Waals surface area contributed by atoms with Crippen molar-refractivity contribution in [2.24, 2.45) is 0 Å². The number of nitrogens with one attached hydrogen (secondary N) is 1. The summed E-state index contributed by atoms with van der Waals surface area (Å²) < 4.78 is 10.9. The van der Waals surface area contributed by atoms with E-state index in [-0.39, 0.29) is 6.61 Å². The van der Waals surface area contributed by atoms with Crippen LogP contribution in [0.4, 0.5) is 5.69 Å². The minimum atomic E-state index is 0.0552. The highest BCUT2D eigenvalue weighted by molar-refractivity contribution is 7.97. The van der Waals surface area contributed by atoms with E-state index in [4.69, 9.17) is 14.4 Å². The first-order chi connectivity index (χ1) is 9.81. The fourth-order valence-electron chi connectivity index (χ4n) is 1.74. The van der Waals surface area contributed by atoms with Crippen molar-refractivity contribution in [3.05, 3.63) is 47.9 Å². The summed E-state index contributed by atoms with van der Waals surface area (Å²) in [6.07, 6.45) is 2.05. The van der Waals surface area contributed by atoms with Crippen LogP contribution in [0.1, 0.15) is 11.5 Å². The number of hydrogen-bond acceptors (Lipinski definition) is 5. The molecule has 0 unspecified atom stereocenters. The number of furan rings is 1. The number of nitriles is 1. The molecule has 0 aliphatic rings. The molecule has 1 aromatic carbocycles. The number of benzene rings is 1. The van der Waals surface area contributed by atoms with Gasteiger partial charge in [0.2, 0.25) is 0 Å². The molecule has 0 amide bonds. The zero-order valence-corrected chi connectivity index (χ0v) is 12.1. The zero-order chi connectivity index (χ0) is 14.2. The molecule has 0 radical (unpaired) electrons. The number of anilines is 1. The molecule has 5 heteroatoms. The van der Waals surface area contributed by atoms with Crippen LogP contribution in [0.3, 0.4) is 0 Å². The van der Waals surface area contributed by atoms with E-state index in [0.717, 1.165) is 23.0 Å².